The molecule has 0 saturated carbocycles. The smallest absolute Gasteiger partial charge is 0.183 e. The third kappa shape index (κ3) is 4.30. The van der Waals surface area contributed by atoms with Crippen molar-refractivity contribution in [1.29, 1.82) is 0 Å². The zero-order valence-electron chi connectivity index (χ0n) is 13.7. The Bertz CT molecular complexity index is 554. The van der Waals surface area contributed by atoms with Crippen LogP contribution in [0.2, 0.25) is 0 Å². The van der Waals surface area contributed by atoms with Gasteiger partial charge in [-0.2, -0.15) is 0 Å². The van der Waals surface area contributed by atoms with Gasteiger partial charge in [-0.15, -0.1) is 0 Å². The maximum Gasteiger partial charge on any atom is 0.183 e. The second kappa shape index (κ2) is 7.89. The van der Waals surface area contributed by atoms with Crippen LogP contribution in [0, 0.1) is 5.92 Å². The summed E-state index contributed by atoms with van der Waals surface area (Å²) < 4.78 is 24.8. The van der Waals surface area contributed by atoms with E-state index in [9.17, 15) is 4.39 Å². The van der Waals surface area contributed by atoms with E-state index in [-0.39, 0.29) is 12.1 Å². The van der Waals surface area contributed by atoms with Gasteiger partial charge in [0.25, 0.3) is 0 Å². The molecule has 0 radical (unpaired) electrons. The van der Waals surface area contributed by atoms with Crippen molar-refractivity contribution in [2.24, 2.45) is 5.92 Å². The van der Waals surface area contributed by atoms with Crippen molar-refractivity contribution in [2.45, 2.75) is 44.8 Å². The summed E-state index contributed by atoms with van der Waals surface area (Å²) >= 11 is 0. The third-order valence-corrected chi connectivity index (χ3v) is 4.60. The van der Waals surface area contributed by atoms with Crippen LogP contribution in [-0.2, 0) is 9.47 Å². The minimum Gasteiger partial charge on any atom is -0.348 e. The van der Waals surface area contributed by atoms with Gasteiger partial charge in [-0.3, -0.25) is 0 Å². The number of hydrogen-bond donors (Lipinski definition) is 0. The Morgan fingerprint density at radius 2 is 1.83 bits per heavy atom. The average molecular weight is 316 g/mol. The largest absolute Gasteiger partial charge is 0.348 e. The van der Waals surface area contributed by atoms with Crippen LogP contribution >= 0.6 is 0 Å². The number of allylic oxidation sites excluding steroid dienone is 3. The van der Waals surface area contributed by atoms with Crippen LogP contribution in [0.5, 0.6) is 0 Å². The standard InChI is InChI=1S/C20H25FO2/c1-2-3-4-15-13-22-20(23-14-15)18-7-5-16(6-8-18)17-9-11-19(21)12-10-17/h3-8,11,15,17,20H,2,9-10,12-14H2,1H3/b4-3+. The molecular weight excluding hydrogens is 291 g/mol. The van der Waals surface area contributed by atoms with Crippen molar-refractivity contribution < 1.29 is 13.9 Å². The van der Waals surface area contributed by atoms with E-state index in [1.54, 1.807) is 6.08 Å². The lowest BCUT2D eigenvalue weighted by Gasteiger charge is -2.28. The Morgan fingerprint density at radius 3 is 2.43 bits per heavy atom. The molecule has 1 unspecified atom stereocenters. The van der Waals surface area contributed by atoms with Crippen LogP contribution in [-0.4, -0.2) is 13.2 Å². The predicted octanol–water partition coefficient (Wildman–Crippen LogP) is 5.44. The first-order valence-corrected chi connectivity index (χ1v) is 8.60. The molecule has 0 bridgehead atoms. The van der Waals surface area contributed by atoms with Crippen molar-refractivity contribution in [3.05, 3.63) is 59.4 Å². The molecule has 1 atom stereocenters. The molecule has 2 aliphatic rings. The summed E-state index contributed by atoms with van der Waals surface area (Å²) in [6, 6.07) is 8.42. The Morgan fingerprint density at radius 1 is 1.13 bits per heavy atom. The van der Waals surface area contributed by atoms with Crippen LogP contribution < -0.4 is 0 Å². The molecule has 0 N–H and O–H groups in total. The van der Waals surface area contributed by atoms with Gasteiger partial charge in [0.15, 0.2) is 6.29 Å². The first-order chi connectivity index (χ1) is 11.3. The maximum absolute atomic E-state index is 13.1. The van der Waals surface area contributed by atoms with Gasteiger partial charge in [0, 0.05) is 11.5 Å². The van der Waals surface area contributed by atoms with E-state index in [0.717, 1.165) is 24.8 Å². The van der Waals surface area contributed by atoms with Crippen molar-refractivity contribution in [3.63, 3.8) is 0 Å². The summed E-state index contributed by atoms with van der Waals surface area (Å²) in [7, 11) is 0. The van der Waals surface area contributed by atoms with Crippen molar-refractivity contribution in [3.8, 4) is 0 Å². The fourth-order valence-corrected chi connectivity index (χ4v) is 3.18. The molecule has 1 fully saturated rings. The van der Waals surface area contributed by atoms with E-state index in [1.807, 2.05) is 0 Å². The minimum absolute atomic E-state index is 0.0357. The molecule has 2 nitrogen and oxygen atoms in total. The molecule has 1 aliphatic carbocycles. The summed E-state index contributed by atoms with van der Waals surface area (Å²) in [5.41, 5.74) is 2.33. The van der Waals surface area contributed by atoms with Gasteiger partial charge in [0.05, 0.1) is 19.0 Å². The highest BCUT2D eigenvalue weighted by Gasteiger charge is 2.22. The maximum atomic E-state index is 13.1. The van der Waals surface area contributed by atoms with Gasteiger partial charge in [-0.1, -0.05) is 49.4 Å². The van der Waals surface area contributed by atoms with Gasteiger partial charge in [-0.05, 0) is 37.2 Å². The first-order valence-electron chi connectivity index (χ1n) is 8.60. The van der Waals surface area contributed by atoms with E-state index in [1.165, 1.54) is 5.56 Å². The molecule has 0 amide bonds. The second-order valence-corrected chi connectivity index (χ2v) is 6.38. The van der Waals surface area contributed by atoms with Gasteiger partial charge in [0.2, 0.25) is 0 Å². The molecule has 23 heavy (non-hydrogen) atoms. The van der Waals surface area contributed by atoms with Crippen LogP contribution in [0.25, 0.3) is 0 Å². The van der Waals surface area contributed by atoms with E-state index in [4.69, 9.17) is 9.47 Å². The fourth-order valence-electron chi connectivity index (χ4n) is 3.18. The Balaban J connectivity index is 1.57. The summed E-state index contributed by atoms with van der Waals surface area (Å²) in [6.45, 7) is 3.53. The molecular formula is C20H25FO2. The lowest BCUT2D eigenvalue weighted by atomic mass is 9.87. The number of benzene rings is 1. The van der Waals surface area contributed by atoms with Crippen LogP contribution in [0.4, 0.5) is 4.39 Å². The number of hydrogen-bond acceptors (Lipinski definition) is 2. The summed E-state index contributed by atoms with van der Waals surface area (Å²) in [5.74, 6) is 0.822. The highest BCUT2D eigenvalue weighted by Crippen LogP contribution is 2.33. The van der Waals surface area contributed by atoms with Gasteiger partial charge < -0.3 is 9.47 Å². The van der Waals surface area contributed by atoms with Gasteiger partial charge >= 0.3 is 0 Å². The number of halogens is 1. The second-order valence-electron chi connectivity index (χ2n) is 6.38. The van der Waals surface area contributed by atoms with Crippen LogP contribution in [0.3, 0.4) is 0 Å². The van der Waals surface area contributed by atoms with Crippen molar-refractivity contribution >= 4 is 0 Å². The summed E-state index contributed by atoms with van der Waals surface area (Å²) in [5, 5.41) is 0. The highest BCUT2D eigenvalue weighted by atomic mass is 19.1. The van der Waals surface area contributed by atoms with Crippen LogP contribution in [0.1, 0.15) is 55.9 Å². The Hall–Kier alpha value is -1.45. The average Bonchev–Trinajstić information content (AvgIpc) is 2.61. The molecule has 3 rings (SSSR count). The van der Waals surface area contributed by atoms with Crippen molar-refractivity contribution in [1.82, 2.24) is 0 Å². The summed E-state index contributed by atoms with van der Waals surface area (Å²) in [4.78, 5) is 0. The molecule has 3 heteroatoms. The molecule has 1 aromatic carbocycles. The Labute approximate surface area is 138 Å². The first kappa shape index (κ1) is 16.4. The van der Waals surface area contributed by atoms with E-state index >= 15 is 0 Å². The molecule has 1 aliphatic heterocycles. The molecule has 124 valence electrons. The lowest BCUT2D eigenvalue weighted by molar-refractivity contribution is -0.197. The third-order valence-electron chi connectivity index (χ3n) is 4.60. The topological polar surface area (TPSA) is 18.5 Å². The SMILES string of the molecule is CC/C=C/C1COC(c2ccc(C3CC=C(F)CC3)cc2)OC1. The van der Waals surface area contributed by atoms with Gasteiger partial charge in [-0.25, -0.2) is 4.39 Å². The lowest BCUT2D eigenvalue weighted by Crippen LogP contribution is -2.25. The van der Waals surface area contributed by atoms with E-state index in [0.29, 0.717) is 31.5 Å². The quantitative estimate of drug-likeness (QED) is 0.689. The molecule has 0 aromatic heterocycles. The zero-order valence-corrected chi connectivity index (χ0v) is 13.7. The van der Waals surface area contributed by atoms with Crippen LogP contribution in [0.15, 0.2) is 48.3 Å². The monoisotopic (exact) mass is 316 g/mol. The van der Waals surface area contributed by atoms with Gasteiger partial charge in [0.1, 0.15) is 0 Å². The highest BCUT2D eigenvalue weighted by molar-refractivity contribution is 5.28. The normalized spacial score (nSPS) is 28.8. The minimum atomic E-state index is -0.265. The predicted molar refractivity (Wildman–Crippen MR) is 89.8 cm³/mol. The molecule has 1 aromatic rings. The fraction of sp³-hybridized carbons (Fsp3) is 0.500. The van der Waals surface area contributed by atoms with Crippen molar-refractivity contribution in [2.75, 3.05) is 13.2 Å². The number of ether oxygens (including phenoxy) is 2. The number of rotatable bonds is 4. The zero-order chi connectivity index (χ0) is 16.1. The Kier molecular flexibility index (Phi) is 5.63. The molecule has 1 heterocycles. The molecule has 1 saturated heterocycles. The summed E-state index contributed by atoms with van der Waals surface area (Å²) in [6.07, 6.45) is 9.09. The molecule has 0 spiro atoms. The van der Waals surface area contributed by atoms with E-state index in [2.05, 4.69) is 43.3 Å². The van der Waals surface area contributed by atoms with E-state index < -0.39 is 0 Å².